The Bertz CT molecular complexity index is 394. The number of methoxy groups -OCH3 is 1. The van der Waals surface area contributed by atoms with Gasteiger partial charge in [-0.3, -0.25) is 4.98 Å². The van der Waals surface area contributed by atoms with Gasteiger partial charge in [0.1, 0.15) is 5.69 Å². The van der Waals surface area contributed by atoms with E-state index in [0.29, 0.717) is 11.8 Å². The smallest absolute Gasteiger partial charge is 0.235 e. The van der Waals surface area contributed by atoms with Gasteiger partial charge in [0, 0.05) is 24.4 Å². The minimum Gasteiger partial charge on any atom is -0.480 e. The van der Waals surface area contributed by atoms with Crippen molar-refractivity contribution in [3.05, 3.63) is 18.1 Å². The Labute approximate surface area is 109 Å². The van der Waals surface area contributed by atoms with Gasteiger partial charge in [0.15, 0.2) is 0 Å². The predicted octanol–water partition coefficient (Wildman–Crippen LogP) is 2.35. The first kappa shape index (κ1) is 13.3. The molecule has 0 bridgehead atoms. The SMILES string of the molecule is COc1nccnc1C1CC(C(C)C)CCC1N. The minimum absolute atomic E-state index is 0.172. The molecule has 1 heterocycles. The van der Waals surface area contributed by atoms with Gasteiger partial charge in [0.2, 0.25) is 5.88 Å². The van der Waals surface area contributed by atoms with Gasteiger partial charge < -0.3 is 10.5 Å². The van der Waals surface area contributed by atoms with E-state index in [1.165, 1.54) is 6.42 Å². The summed E-state index contributed by atoms with van der Waals surface area (Å²) in [5, 5.41) is 0. The van der Waals surface area contributed by atoms with E-state index in [1.54, 1.807) is 19.5 Å². The Morgan fingerprint density at radius 2 is 2.00 bits per heavy atom. The largest absolute Gasteiger partial charge is 0.480 e. The molecule has 1 aromatic rings. The maximum Gasteiger partial charge on any atom is 0.235 e. The summed E-state index contributed by atoms with van der Waals surface area (Å²) in [5.41, 5.74) is 7.20. The fourth-order valence-corrected chi connectivity index (χ4v) is 2.89. The molecule has 0 radical (unpaired) electrons. The second-order valence-electron chi connectivity index (χ2n) is 5.54. The van der Waals surface area contributed by atoms with Crippen molar-refractivity contribution in [3.8, 4) is 5.88 Å². The Kier molecular flexibility index (Phi) is 4.17. The predicted molar refractivity (Wildman–Crippen MR) is 71.5 cm³/mol. The standard InChI is InChI=1S/C14H23N3O/c1-9(2)10-4-5-12(15)11(8-10)13-14(18-3)17-7-6-16-13/h6-7,9-12H,4-5,8,15H2,1-3H3. The monoisotopic (exact) mass is 249 g/mol. The molecule has 0 aromatic carbocycles. The third-order valence-electron chi connectivity index (χ3n) is 4.12. The summed E-state index contributed by atoms with van der Waals surface area (Å²) < 4.78 is 5.31. The van der Waals surface area contributed by atoms with Crippen molar-refractivity contribution < 1.29 is 4.74 Å². The first-order valence-electron chi connectivity index (χ1n) is 6.74. The molecule has 2 rings (SSSR count). The molecule has 0 amide bonds. The van der Waals surface area contributed by atoms with E-state index in [9.17, 15) is 0 Å². The highest BCUT2D eigenvalue weighted by Crippen LogP contribution is 2.40. The van der Waals surface area contributed by atoms with Gasteiger partial charge in [0.25, 0.3) is 0 Å². The van der Waals surface area contributed by atoms with Crippen molar-refractivity contribution in [1.82, 2.24) is 9.97 Å². The van der Waals surface area contributed by atoms with Crippen LogP contribution in [0, 0.1) is 11.8 Å². The summed E-state index contributed by atoms with van der Waals surface area (Å²) >= 11 is 0. The molecule has 3 unspecified atom stereocenters. The van der Waals surface area contributed by atoms with Crippen molar-refractivity contribution in [2.75, 3.05) is 7.11 Å². The zero-order valence-electron chi connectivity index (χ0n) is 11.5. The van der Waals surface area contributed by atoms with Crippen molar-refractivity contribution in [1.29, 1.82) is 0 Å². The molecule has 4 nitrogen and oxygen atoms in total. The molecular formula is C14H23N3O. The number of rotatable bonds is 3. The normalized spacial score (nSPS) is 28.4. The fraction of sp³-hybridized carbons (Fsp3) is 0.714. The second kappa shape index (κ2) is 5.65. The summed E-state index contributed by atoms with van der Waals surface area (Å²) in [7, 11) is 1.64. The summed E-state index contributed by atoms with van der Waals surface area (Å²) in [6.07, 6.45) is 6.76. The van der Waals surface area contributed by atoms with Crippen LogP contribution in [0.3, 0.4) is 0 Å². The van der Waals surface area contributed by atoms with Crippen LogP contribution in [0.4, 0.5) is 0 Å². The Balaban J connectivity index is 2.24. The zero-order chi connectivity index (χ0) is 13.1. The Morgan fingerprint density at radius 3 is 2.67 bits per heavy atom. The maximum atomic E-state index is 6.27. The molecule has 1 aliphatic rings. The highest BCUT2D eigenvalue weighted by molar-refractivity contribution is 5.24. The van der Waals surface area contributed by atoms with Gasteiger partial charge in [-0.25, -0.2) is 4.98 Å². The van der Waals surface area contributed by atoms with E-state index in [0.717, 1.165) is 24.5 Å². The summed E-state index contributed by atoms with van der Waals surface area (Å²) in [6, 6.07) is 0.172. The van der Waals surface area contributed by atoms with Gasteiger partial charge in [-0.15, -0.1) is 0 Å². The van der Waals surface area contributed by atoms with Crippen LogP contribution in [0.2, 0.25) is 0 Å². The number of ether oxygens (including phenoxy) is 1. The van der Waals surface area contributed by atoms with Gasteiger partial charge in [-0.05, 0) is 31.1 Å². The van der Waals surface area contributed by atoms with Crippen molar-refractivity contribution in [3.63, 3.8) is 0 Å². The number of aromatic nitrogens is 2. The van der Waals surface area contributed by atoms with Gasteiger partial charge in [-0.2, -0.15) is 0 Å². The van der Waals surface area contributed by atoms with Crippen molar-refractivity contribution in [2.45, 2.75) is 45.1 Å². The van der Waals surface area contributed by atoms with Crippen LogP contribution in [0.15, 0.2) is 12.4 Å². The van der Waals surface area contributed by atoms with Crippen LogP contribution in [0.25, 0.3) is 0 Å². The molecule has 1 fully saturated rings. The van der Waals surface area contributed by atoms with Crippen LogP contribution in [0.1, 0.15) is 44.7 Å². The maximum absolute atomic E-state index is 6.27. The molecular weight excluding hydrogens is 226 g/mol. The van der Waals surface area contributed by atoms with Crippen LogP contribution in [-0.4, -0.2) is 23.1 Å². The molecule has 0 spiro atoms. The van der Waals surface area contributed by atoms with E-state index >= 15 is 0 Å². The number of nitrogens with zero attached hydrogens (tertiary/aromatic N) is 2. The Hall–Kier alpha value is -1.16. The first-order valence-corrected chi connectivity index (χ1v) is 6.74. The van der Waals surface area contributed by atoms with Crippen LogP contribution >= 0.6 is 0 Å². The lowest BCUT2D eigenvalue weighted by molar-refractivity contribution is 0.226. The molecule has 0 saturated heterocycles. The molecule has 1 aromatic heterocycles. The van der Waals surface area contributed by atoms with Crippen molar-refractivity contribution >= 4 is 0 Å². The lowest BCUT2D eigenvalue weighted by atomic mass is 9.73. The third-order valence-corrected chi connectivity index (χ3v) is 4.12. The Morgan fingerprint density at radius 1 is 1.28 bits per heavy atom. The van der Waals surface area contributed by atoms with Crippen LogP contribution < -0.4 is 10.5 Å². The third kappa shape index (κ3) is 2.64. The highest BCUT2D eigenvalue weighted by atomic mass is 16.5. The van der Waals surface area contributed by atoms with E-state index in [-0.39, 0.29) is 12.0 Å². The highest BCUT2D eigenvalue weighted by Gasteiger charge is 2.33. The molecule has 18 heavy (non-hydrogen) atoms. The number of hydrogen-bond acceptors (Lipinski definition) is 4. The van der Waals surface area contributed by atoms with Gasteiger partial charge >= 0.3 is 0 Å². The van der Waals surface area contributed by atoms with Crippen molar-refractivity contribution in [2.24, 2.45) is 17.6 Å². The molecule has 4 heteroatoms. The van der Waals surface area contributed by atoms with Crippen LogP contribution in [-0.2, 0) is 0 Å². The first-order chi connectivity index (χ1) is 8.63. The average Bonchev–Trinajstić information content (AvgIpc) is 2.39. The molecule has 0 aliphatic heterocycles. The lowest BCUT2D eigenvalue weighted by Crippen LogP contribution is -2.36. The number of nitrogens with two attached hydrogens (primary N) is 1. The van der Waals surface area contributed by atoms with E-state index < -0.39 is 0 Å². The topological polar surface area (TPSA) is 61.0 Å². The minimum atomic E-state index is 0.172. The quantitative estimate of drug-likeness (QED) is 0.893. The van der Waals surface area contributed by atoms with Gasteiger partial charge in [0.05, 0.1) is 7.11 Å². The van der Waals surface area contributed by atoms with E-state index in [1.807, 2.05) is 0 Å². The zero-order valence-corrected chi connectivity index (χ0v) is 11.5. The summed E-state index contributed by atoms with van der Waals surface area (Å²) in [5.74, 6) is 2.32. The number of hydrogen-bond donors (Lipinski definition) is 1. The molecule has 100 valence electrons. The summed E-state index contributed by atoms with van der Waals surface area (Å²) in [6.45, 7) is 4.57. The lowest BCUT2D eigenvalue weighted by Gasteiger charge is -2.35. The molecule has 1 saturated carbocycles. The van der Waals surface area contributed by atoms with E-state index in [4.69, 9.17) is 10.5 Å². The van der Waals surface area contributed by atoms with Gasteiger partial charge in [-0.1, -0.05) is 13.8 Å². The van der Waals surface area contributed by atoms with E-state index in [2.05, 4.69) is 23.8 Å². The summed E-state index contributed by atoms with van der Waals surface area (Å²) in [4.78, 5) is 8.69. The second-order valence-corrected chi connectivity index (χ2v) is 5.54. The fourth-order valence-electron chi connectivity index (χ4n) is 2.89. The van der Waals surface area contributed by atoms with Crippen LogP contribution in [0.5, 0.6) is 5.88 Å². The molecule has 1 aliphatic carbocycles. The average molecular weight is 249 g/mol. The molecule has 3 atom stereocenters. The molecule has 2 N–H and O–H groups in total.